The maximum Gasteiger partial charge on any atom is 0.154 e. The Kier molecular flexibility index (Phi) is 15.2. The van der Waals surface area contributed by atoms with Gasteiger partial charge in [-0.3, -0.25) is 0 Å². The summed E-state index contributed by atoms with van der Waals surface area (Å²) >= 11 is 0. The highest BCUT2D eigenvalue weighted by molar-refractivity contribution is 5.72. The molecule has 0 aliphatic carbocycles. The summed E-state index contributed by atoms with van der Waals surface area (Å²) in [6, 6.07) is 21.2. The first-order valence-electron chi connectivity index (χ1n) is 9.27. The highest BCUT2D eigenvalue weighted by Crippen LogP contribution is 2.06. The molecule has 0 fully saturated rings. The first-order valence-corrected chi connectivity index (χ1v) is 9.27. The first-order chi connectivity index (χ1) is 12.5. The van der Waals surface area contributed by atoms with Crippen molar-refractivity contribution in [3.05, 3.63) is 71.8 Å². The molecule has 144 valence electrons. The molecule has 3 nitrogen and oxygen atoms in total. The van der Waals surface area contributed by atoms with Crippen molar-refractivity contribution < 1.29 is 14.3 Å². The van der Waals surface area contributed by atoms with Gasteiger partial charge in [-0.15, -0.1) is 0 Å². The van der Waals surface area contributed by atoms with E-state index in [-0.39, 0.29) is 12.1 Å². The Morgan fingerprint density at radius 1 is 0.769 bits per heavy atom. The summed E-state index contributed by atoms with van der Waals surface area (Å²) < 4.78 is 10.1. The summed E-state index contributed by atoms with van der Waals surface area (Å²) in [6.45, 7) is 10.3. The molecule has 0 saturated carbocycles. The van der Waals surface area contributed by atoms with Gasteiger partial charge in [0.25, 0.3) is 0 Å². The average Bonchev–Trinajstić information content (AvgIpc) is 2.62. The van der Waals surface area contributed by atoms with Crippen molar-refractivity contribution in [1.82, 2.24) is 0 Å². The van der Waals surface area contributed by atoms with E-state index in [9.17, 15) is 4.79 Å². The lowest BCUT2D eigenvalue weighted by atomic mass is 10.0. The van der Waals surface area contributed by atoms with E-state index < -0.39 is 0 Å². The third-order valence-corrected chi connectivity index (χ3v) is 3.19. The third kappa shape index (κ3) is 15.6. The van der Waals surface area contributed by atoms with Crippen LogP contribution < -0.4 is 0 Å². The van der Waals surface area contributed by atoms with Gasteiger partial charge in [-0.1, -0.05) is 60.7 Å². The van der Waals surface area contributed by atoms with E-state index >= 15 is 0 Å². The van der Waals surface area contributed by atoms with Crippen LogP contribution in [0.5, 0.6) is 0 Å². The fraction of sp³-hybridized carbons (Fsp3) is 0.435. The molecule has 0 aromatic heterocycles. The quantitative estimate of drug-likeness (QED) is 0.615. The van der Waals surface area contributed by atoms with Crippen LogP contribution in [0.3, 0.4) is 0 Å². The van der Waals surface area contributed by atoms with E-state index in [2.05, 4.69) is 60.7 Å². The van der Waals surface area contributed by atoms with Gasteiger partial charge in [-0.05, 0) is 58.6 Å². The van der Waals surface area contributed by atoms with Gasteiger partial charge in [0.05, 0.1) is 0 Å². The summed E-state index contributed by atoms with van der Waals surface area (Å²) in [7, 11) is 0. The predicted octanol–water partition coefficient (Wildman–Crippen LogP) is 5.47. The molecule has 26 heavy (non-hydrogen) atoms. The Bertz CT molecular complexity index is 503. The fourth-order valence-electron chi connectivity index (χ4n) is 2.10. The molecule has 2 aromatic rings. The van der Waals surface area contributed by atoms with Gasteiger partial charge in [0.1, 0.15) is 5.78 Å². The Morgan fingerprint density at radius 2 is 1.08 bits per heavy atom. The van der Waals surface area contributed by atoms with Crippen LogP contribution in [0, 0.1) is 0 Å². The van der Waals surface area contributed by atoms with E-state index in [0.717, 1.165) is 26.1 Å². The lowest BCUT2D eigenvalue weighted by molar-refractivity contribution is -0.123. The van der Waals surface area contributed by atoms with Gasteiger partial charge in [-0.25, -0.2) is 0 Å². The maximum absolute atomic E-state index is 9.44. The molecule has 2 rings (SSSR count). The van der Waals surface area contributed by atoms with Crippen LogP contribution in [0.25, 0.3) is 0 Å². The summed E-state index contributed by atoms with van der Waals surface area (Å²) in [5.74, 6) is 0.167. The van der Waals surface area contributed by atoms with E-state index in [1.165, 1.54) is 25.0 Å². The van der Waals surface area contributed by atoms with Gasteiger partial charge in [0, 0.05) is 13.2 Å². The zero-order valence-electron chi connectivity index (χ0n) is 16.9. The number of Topliss-reactive ketones (excluding diaryl/α,β-unsaturated/α-hetero) is 1. The van der Waals surface area contributed by atoms with Gasteiger partial charge in [0.15, 0.2) is 6.29 Å². The normalized spacial score (nSPS) is 9.62. The van der Waals surface area contributed by atoms with Crippen LogP contribution in [-0.4, -0.2) is 25.3 Å². The molecule has 0 amide bonds. The number of benzene rings is 2. The summed E-state index contributed by atoms with van der Waals surface area (Å²) in [5, 5.41) is 0. The second-order valence-corrected chi connectivity index (χ2v) is 5.86. The number of ketones is 1. The van der Waals surface area contributed by atoms with Crippen molar-refractivity contribution in [1.29, 1.82) is 0 Å². The standard InChI is InChI=1S/C14H14.C6H14O2.C3H6O/c1-3-7-13(8-4-1)11-12-14-9-5-2-6-10-14;1-4-7-6(3)8-5-2;1-3(2)4/h1-10H,11-12H2;6H,4-5H2,1-3H3;1-2H3. The minimum atomic E-state index is -0.0370. The van der Waals surface area contributed by atoms with E-state index in [0.29, 0.717) is 0 Å². The number of aryl methyl sites for hydroxylation is 2. The van der Waals surface area contributed by atoms with Gasteiger partial charge in [0.2, 0.25) is 0 Å². The summed E-state index contributed by atoms with van der Waals surface area (Å²) in [6.07, 6.45) is 2.22. The molecule has 0 aliphatic rings. The van der Waals surface area contributed by atoms with Crippen LogP contribution in [0.1, 0.15) is 45.7 Å². The minimum Gasteiger partial charge on any atom is -0.353 e. The van der Waals surface area contributed by atoms with E-state index in [1.807, 2.05) is 20.8 Å². The molecule has 2 aromatic carbocycles. The van der Waals surface area contributed by atoms with Crippen LogP contribution in [0.4, 0.5) is 0 Å². The lowest BCUT2D eigenvalue weighted by Crippen LogP contribution is -2.11. The van der Waals surface area contributed by atoms with Gasteiger partial charge in [-0.2, -0.15) is 0 Å². The number of ether oxygens (including phenoxy) is 2. The van der Waals surface area contributed by atoms with Crippen molar-refractivity contribution in [2.24, 2.45) is 0 Å². The monoisotopic (exact) mass is 358 g/mol. The Morgan fingerprint density at radius 3 is 1.35 bits per heavy atom. The zero-order chi connectivity index (χ0) is 19.6. The maximum atomic E-state index is 9.44. The lowest BCUT2D eigenvalue weighted by Gasteiger charge is -2.09. The molecule has 0 heterocycles. The van der Waals surface area contributed by atoms with Crippen LogP contribution in [0.15, 0.2) is 60.7 Å². The molecule has 0 atom stereocenters. The second kappa shape index (κ2) is 16.5. The Balaban J connectivity index is 0.000000444. The number of carbonyl (C=O) groups excluding carboxylic acids is 1. The Hall–Kier alpha value is -1.97. The molecule has 0 aliphatic heterocycles. The average molecular weight is 359 g/mol. The molecule has 0 bridgehead atoms. The van der Waals surface area contributed by atoms with Gasteiger partial charge >= 0.3 is 0 Å². The van der Waals surface area contributed by atoms with Gasteiger partial charge < -0.3 is 14.3 Å². The highest BCUT2D eigenvalue weighted by Gasteiger charge is 1.95. The van der Waals surface area contributed by atoms with Crippen molar-refractivity contribution in [3.8, 4) is 0 Å². The van der Waals surface area contributed by atoms with Crippen molar-refractivity contribution >= 4 is 5.78 Å². The van der Waals surface area contributed by atoms with Crippen LogP contribution >= 0.6 is 0 Å². The number of hydrogen-bond donors (Lipinski definition) is 0. The fourth-order valence-corrected chi connectivity index (χ4v) is 2.10. The van der Waals surface area contributed by atoms with Crippen LogP contribution in [-0.2, 0) is 27.1 Å². The van der Waals surface area contributed by atoms with Crippen molar-refractivity contribution in [2.75, 3.05) is 13.2 Å². The largest absolute Gasteiger partial charge is 0.353 e. The number of carbonyl (C=O) groups is 1. The van der Waals surface area contributed by atoms with E-state index in [1.54, 1.807) is 0 Å². The highest BCUT2D eigenvalue weighted by atomic mass is 16.7. The number of rotatable bonds is 7. The molecule has 0 saturated heterocycles. The second-order valence-electron chi connectivity index (χ2n) is 5.86. The van der Waals surface area contributed by atoms with Crippen molar-refractivity contribution in [2.45, 2.75) is 53.8 Å². The van der Waals surface area contributed by atoms with E-state index in [4.69, 9.17) is 9.47 Å². The molecule has 0 unspecified atom stereocenters. The predicted molar refractivity (Wildman–Crippen MR) is 109 cm³/mol. The SMILES string of the molecule is CC(C)=O.CCOC(C)OCC.c1ccc(CCc2ccccc2)cc1. The van der Waals surface area contributed by atoms with Crippen LogP contribution in [0.2, 0.25) is 0 Å². The molecule has 0 radical (unpaired) electrons. The molecular weight excluding hydrogens is 324 g/mol. The zero-order valence-corrected chi connectivity index (χ0v) is 16.9. The smallest absolute Gasteiger partial charge is 0.154 e. The topological polar surface area (TPSA) is 35.5 Å². The number of hydrogen-bond acceptors (Lipinski definition) is 3. The molecule has 0 N–H and O–H groups in total. The summed E-state index contributed by atoms with van der Waals surface area (Å²) in [5.41, 5.74) is 2.83. The van der Waals surface area contributed by atoms with Crippen molar-refractivity contribution in [3.63, 3.8) is 0 Å². The first kappa shape index (κ1) is 24.0. The minimum absolute atomic E-state index is 0.0370. The molecule has 3 heteroatoms. The molecule has 0 spiro atoms. The Labute approximate surface area is 159 Å². The molecular formula is C23H34O3. The third-order valence-electron chi connectivity index (χ3n) is 3.19. The summed E-state index contributed by atoms with van der Waals surface area (Å²) in [4.78, 5) is 9.44.